The summed E-state index contributed by atoms with van der Waals surface area (Å²) in [5, 5.41) is 4.68. The van der Waals surface area contributed by atoms with Crippen LogP contribution in [0.2, 0.25) is 0 Å². The summed E-state index contributed by atoms with van der Waals surface area (Å²) in [5.41, 5.74) is 13.3. The highest BCUT2D eigenvalue weighted by atomic mass is 15.2. The number of hydrogen-bond donors (Lipinski definition) is 0. The summed E-state index contributed by atoms with van der Waals surface area (Å²) in [5.74, 6) is 1.84. The quantitative estimate of drug-likeness (QED) is 0.169. The molecule has 8 aromatic carbocycles. The van der Waals surface area contributed by atoms with Crippen molar-refractivity contribution in [2.45, 2.75) is 5.41 Å². The minimum absolute atomic E-state index is 0.475. The average molecular weight is 766 g/mol. The topological polar surface area (TPSA) is 56.5 Å². The third-order valence-electron chi connectivity index (χ3n) is 12.3. The van der Waals surface area contributed by atoms with Crippen LogP contribution in [0.5, 0.6) is 0 Å². The first-order valence-corrected chi connectivity index (χ1v) is 20.3. The van der Waals surface area contributed by atoms with Gasteiger partial charge in [0, 0.05) is 34.3 Å². The molecule has 5 nitrogen and oxygen atoms in total. The average Bonchev–Trinajstić information content (AvgIpc) is 3.83. The van der Waals surface area contributed by atoms with Crippen LogP contribution in [0.1, 0.15) is 22.3 Å². The van der Waals surface area contributed by atoms with Crippen molar-refractivity contribution in [1.82, 2.24) is 24.5 Å². The Balaban J connectivity index is 1.08. The molecule has 11 aromatic rings. The van der Waals surface area contributed by atoms with E-state index in [0.717, 1.165) is 27.5 Å². The van der Waals surface area contributed by atoms with E-state index in [0.29, 0.717) is 17.6 Å². The van der Waals surface area contributed by atoms with Crippen LogP contribution in [0.25, 0.3) is 83.6 Å². The van der Waals surface area contributed by atoms with Crippen LogP contribution in [-0.2, 0) is 5.41 Å². The molecule has 0 saturated heterocycles. The molecule has 5 heteroatoms. The van der Waals surface area contributed by atoms with Crippen LogP contribution < -0.4 is 0 Å². The van der Waals surface area contributed by atoms with Gasteiger partial charge in [-0.05, 0) is 85.6 Å². The summed E-state index contributed by atoms with van der Waals surface area (Å²) >= 11 is 0. The lowest BCUT2D eigenvalue weighted by Crippen LogP contribution is -2.28. The standard InChI is InChI=1S/C55H35N5/c1-4-15-36(16-5-1)52-57-53(37-17-6-2-7-18-37)59-54(58-52)60-49-26-13-11-22-45(49)51-44-24-14-23-41(42(44)28-30-50(51)60)38-27-29-48-46(35-38)43-21-10-12-25-47(43)55(48,39-19-8-3-9-20-39)40-31-33-56-34-32-40/h1-35H. The summed E-state index contributed by atoms with van der Waals surface area (Å²) in [4.78, 5) is 19.7. The Hall–Kier alpha value is -8.02. The fourth-order valence-corrected chi connectivity index (χ4v) is 9.72. The first kappa shape index (κ1) is 34.1. The first-order valence-electron chi connectivity index (χ1n) is 20.3. The Labute approximate surface area is 347 Å². The van der Waals surface area contributed by atoms with Gasteiger partial charge in [0.25, 0.3) is 0 Å². The van der Waals surface area contributed by atoms with E-state index in [1.54, 1.807) is 0 Å². The number of benzene rings is 8. The van der Waals surface area contributed by atoms with Crippen LogP contribution >= 0.6 is 0 Å². The van der Waals surface area contributed by atoms with E-state index in [9.17, 15) is 0 Å². The Bertz CT molecular complexity index is 3320. The van der Waals surface area contributed by atoms with E-state index in [1.807, 2.05) is 73.1 Å². The molecule has 0 fully saturated rings. The van der Waals surface area contributed by atoms with Gasteiger partial charge in [-0.25, -0.2) is 4.98 Å². The molecule has 3 heterocycles. The molecule has 1 aliphatic rings. The second kappa shape index (κ2) is 13.5. The molecule has 0 N–H and O–H groups in total. The van der Waals surface area contributed by atoms with E-state index in [4.69, 9.17) is 15.0 Å². The largest absolute Gasteiger partial charge is 0.278 e. The second-order valence-electron chi connectivity index (χ2n) is 15.4. The minimum atomic E-state index is -0.475. The van der Waals surface area contributed by atoms with Gasteiger partial charge in [0.1, 0.15) is 0 Å². The van der Waals surface area contributed by atoms with Crippen molar-refractivity contribution in [2.75, 3.05) is 0 Å². The molecule has 60 heavy (non-hydrogen) atoms. The normalized spacial score (nSPS) is 14.4. The van der Waals surface area contributed by atoms with Gasteiger partial charge in [0.05, 0.1) is 16.4 Å². The molecule has 1 unspecified atom stereocenters. The molecule has 0 aliphatic heterocycles. The third-order valence-corrected chi connectivity index (χ3v) is 12.3. The molecule has 280 valence electrons. The maximum Gasteiger partial charge on any atom is 0.238 e. The van der Waals surface area contributed by atoms with Crippen molar-refractivity contribution in [2.24, 2.45) is 0 Å². The molecular weight excluding hydrogens is 731 g/mol. The van der Waals surface area contributed by atoms with Crippen molar-refractivity contribution in [1.29, 1.82) is 0 Å². The Kier molecular flexibility index (Phi) is 7.69. The van der Waals surface area contributed by atoms with E-state index in [1.165, 1.54) is 60.7 Å². The smallest absolute Gasteiger partial charge is 0.238 e. The molecule has 12 rings (SSSR count). The SMILES string of the molecule is c1ccc(-c2nc(-c3ccccc3)nc(-n3c4ccccc4c4c5cccc(-c6ccc7c(c6)-c6ccccc6C7(c6ccccc6)c6ccncc6)c5ccc43)n2)cc1. The fraction of sp³-hybridized carbons (Fsp3) is 0.0182. The highest BCUT2D eigenvalue weighted by Crippen LogP contribution is 2.56. The van der Waals surface area contributed by atoms with Crippen LogP contribution in [0.3, 0.4) is 0 Å². The number of pyridine rings is 1. The van der Waals surface area contributed by atoms with Gasteiger partial charge >= 0.3 is 0 Å². The van der Waals surface area contributed by atoms with Gasteiger partial charge in [-0.15, -0.1) is 0 Å². The van der Waals surface area contributed by atoms with Crippen molar-refractivity contribution >= 4 is 32.6 Å². The van der Waals surface area contributed by atoms with Gasteiger partial charge in [0.2, 0.25) is 5.95 Å². The predicted molar refractivity (Wildman–Crippen MR) is 243 cm³/mol. The number of hydrogen-bond acceptors (Lipinski definition) is 4. The van der Waals surface area contributed by atoms with E-state index in [2.05, 4.69) is 149 Å². The second-order valence-corrected chi connectivity index (χ2v) is 15.4. The third kappa shape index (κ3) is 5.06. The van der Waals surface area contributed by atoms with Crippen molar-refractivity contribution < 1.29 is 0 Å². The lowest BCUT2D eigenvalue weighted by Gasteiger charge is -2.33. The van der Waals surface area contributed by atoms with Gasteiger partial charge in [-0.3, -0.25) is 9.55 Å². The number of rotatable bonds is 6. The van der Waals surface area contributed by atoms with Gasteiger partial charge in [-0.1, -0.05) is 170 Å². The molecule has 0 amide bonds. The lowest BCUT2D eigenvalue weighted by atomic mass is 9.68. The van der Waals surface area contributed by atoms with Crippen molar-refractivity contribution in [3.05, 3.63) is 235 Å². The van der Waals surface area contributed by atoms with Crippen LogP contribution in [-0.4, -0.2) is 24.5 Å². The summed E-state index contributed by atoms with van der Waals surface area (Å²) in [7, 11) is 0. The zero-order valence-electron chi connectivity index (χ0n) is 32.4. The molecule has 1 atom stereocenters. The number of nitrogens with zero attached hydrogens (tertiary/aromatic N) is 5. The summed E-state index contributed by atoms with van der Waals surface area (Å²) in [6, 6.07) is 71.3. The Morgan fingerprint density at radius 2 is 0.967 bits per heavy atom. The zero-order valence-corrected chi connectivity index (χ0v) is 32.4. The van der Waals surface area contributed by atoms with Crippen LogP contribution in [0.4, 0.5) is 0 Å². The van der Waals surface area contributed by atoms with Crippen molar-refractivity contribution in [3.63, 3.8) is 0 Å². The van der Waals surface area contributed by atoms with Crippen LogP contribution in [0, 0.1) is 0 Å². The maximum atomic E-state index is 5.16. The molecule has 0 bridgehead atoms. The fourth-order valence-electron chi connectivity index (χ4n) is 9.72. The summed E-state index contributed by atoms with van der Waals surface area (Å²) in [6.07, 6.45) is 3.82. The van der Waals surface area contributed by atoms with Gasteiger partial charge in [0.15, 0.2) is 11.6 Å². The predicted octanol–water partition coefficient (Wildman–Crippen LogP) is 12.9. The zero-order chi connectivity index (χ0) is 39.6. The molecule has 0 spiro atoms. The Morgan fingerprint density at radius 3 is 1.72 bits per heavy atom. The number of aromatic nitrogens is 5. The van der Waals surface area contributed by atoms with Gasteiger partial charge < -0.3 is 0 Å². The van der Waals surface area contributed by atoms with E-state index >= 15 is 0 Å². The Morgan fingerprint density at radius 1 is 0.367 bits per heavy atom. The summed E-state index contributed by atoms with van der Waals surface area (Å²) < 4.78 is 2.20. The molecular formula is C55H35N5. The van der Waals surface area contributed by atoms with Crippen molar-refractivity contribution in [3.8, 4) is 51.0 Å². The first-order chi connectivity index (χ1) is 29.8. The maximum absolute atomic E-state index is 5.16. The minimum Gasteiger partial charge on any atom is -0.278 e. The number of para-hydroxylation sites is 1. The van der Waals surface area contributed by atoms with Gasteiger partial charge in [-0.2, -0.15) is 9.97 Å². The molecule has 0 radical (unpaired) electrons. The highest BCUT2D eigenvalue weighted by molar-refractivity contribution is 6.23. The van der Waals surface area contributed by atoms with E-state index in [-0.39, 0.29) is 0 Å². The lowest BCUT2D eigenvalue weighted by molar-refractivity contribution is 0.766. The monoisotopic (exact) mass is 765 g/mol. The van der Waals surface area contributed by atoms with Crippen LogP contribution in [0.15, 0.2) is 213 Å². The molecule has 0 saturated carbocycles. The molecule has 3 aromatic heterocycles. The summed E-state index contributed by atoms with van der Waals surface area (Å²) in [6.45, 7) is 0. The number of fused-ring (bicyclic) bond motifs is 8. The molecule has 1 aliphatic carbocycles. The van der Waals surface area contributed by atoms with E-state index < -0.39 is 5.41 Å². The highest BCUT2D eigenvalue weighted by Gasteiger charge is 2.46.